The van der Waals surface area contributed by atoms with Gasteiger partial charge < -0.3 is 0 Å². The van der Waals surface area contributed by atoms with Crippen molar-refractivity contribution in [3.05, 3.63) is 214 Å². The predicted molar refractivity (Wildman–Crippen MR) is 232 cm³/mol. The molecule has 0 saturated carbocycles. The number of carbonyl (C=O) groups is 4. The molecule has 8 aromatic rings. The third kappa shape index (κ3) is 5.46. The molecule has 4 heteroatoms. The molecular formula is C54H32O4. The largest absolute Gasteiger partial charge is 0.298 e. The summed E-state index contributed by atoms with van der Waals surface area (Å²) in [6.07, 6.45) is 3.59. The third-order valence-corrected chi connectivity index (χ3v) is 11.6. The van der Waals surface area contributed by atoms with Gasteiger partial charge in [-0.2, -0.15) is 0 Å². The highest BCUT2D eigenvalue weighted by Crippen LogP contribution is 2.56. The van der Waals surface area contributed by atoms with Crippen LogP contribution in [0.2, 0.25) is 0 Å². The van der Waals surface area contributed by atoms with Gasteiger partial charge in [-0.1, -0.05) is 146 Å². The first kappa shape index (κ1) is 34.7. The zero-order valence-corrected chi connectivity index (χ0v) is 31.1. The Kier molecular flexibility index (Phi) is 8.39. The number of rotatable bonds is 8. The van der Waals surface area contributed by atoms with Gasteiger partial charge in [-0.3, -0.25) is 19.2 Å². The van der Waals surface area contributed by atoms with E-state index in [2.05, 4.69) is 72.8 Å². The SMILES string of the molecule is O=Cc1ccccc1-c1ccc2c(c1)C(=C1c3cc(-c4ccccc4C=O)ccc3-c3ccc(-c4ccccc4C=O)cc31)c1cc(-c3ccccc3C=O)ccc1-2. The molecule has 0 amide bonds. The molecule has 0 aromatic heterocycles. The van der Waals surface area contributed by atoms with E-state index in [9.17, 15) is 19.2 Å². The Balaban J connectivity index is 1.32. The summed E-state index contributed by atoms with van der Waals surface area (Å²) in [6.45, 7) is 0. The second-order valence-corrected chi connectivity index (χ2v) is 14.6. The molecule has 0 heterocycles. The molecule has 4 nitrogen and oxygen atoms in total. The molecule has 2 aliphatic carbocycles. The van der Waals surface area contributed by atoms with E-state index in [0.717, 1.165) is 125 Å². The van der Waals surface area contributed by atoms with Crippen molar-refractivity contribution < 1.29 is 19.2 Å². The van der Waals surface area contributed by atoms with Crippen LogP contribution in [-0.2, 0) is 0 Å². The van der Waals surface area contributed by atoms with Crippen LogP contribution in [-0.4, -0.2) is 25.1 Å². The zero-order chi connectivity index (χ0) is 39.3. The first-order valence-corrected chi connectivity index (χ1v) is 19.1. The van der Waals surface area contributed by atoms with E-state index < -0.39 is 0 Å². The van der Waals surface area contributed by atoms with Gasteiger partial charge in [0.2, 0.25) is 0 Å². The quantitative estimate of drug-likeness (QED) is 0.145. The molecule has 10 rings (SSSR count). The molecule has 272 valence electrons. The summed E-state index contributed by atoms with van der Waals surface area (Å²) in [5.41, 5.74) is 19.8. The number of benzene rings is 8. The fraction of sp³-hybridized carbons (Fsp3) is 0. The monoisotopic (exact) mass is 744 g/mol. The van der Waals surface area contributed by atoms with E-state index in [4.69, 9.17) is 0 Å². The molecule has 0 spiro atoms. The minimum atomic E-state index is 0.605. The Labute approximate surface area is 335 Å². The van der Waals surface area contributed by atoms with Crippen molar-refractivity contribution in [1.82, 2.24) is 0 Å². The van der Waals surface area contributed by atoms with Crippen molar-refractivity contribution in [2.75, 3.05) is 0 Å². The molecule has 0 fully saturated rings. The molecule has 0 aliphatic heterocycles. The van der Waals surface area contributed by atoms with Crippen LogP contribution in [0.25, 0.3) is 77.9 Å². The Hall–Kier alpha value is -7.82. The lowest BCUT2D eigenvalue weighted by Crippen LogP contribution is -1.95. The van der Waals surface area contributed by atoms with E-state index in [1.165, 1.54) is 0 Å². The van der Waals surface area contributed by atoms with Gasteiger partial charge >= 0.3 is 0 Å². The fourth-order valence-corrected chi connectivity index (χ4v) is 8.89. The van der Waals surface area contributed by atoms with Gasteiger partial charge in [0.15, 0.2) is 25.1 Å². The van der Waals surface area contributed by atoms with Crippen molar-refractivity contribution in [2.24, 2.45) is 0 Å². The molecule has 58 heavy (non-hydrogen) atoms. The Bertz CT molecular complexity index is 2680. The highest BCUT2D eigenvalue weighted by Gasteiger charge is 2.34. The zero-order valence-electron chi connectivity index (χ0n) is 31.1. The van der Waals surface area contributed by atoms with Gasteiger partial charge in [0.25, 0.3) is 0 Å². The minimum absolute atomic E-state index is 0.605. The number of aldehydes is 4. The summed E-state index contributed by atoms with van der Waals surface area (Å²) in [7, 11) is 0. The van der Waals surface area contributed by atoms with Crippen LogP contribution in [0.3, 0.4) is 0 Å². The maximum Gasteiger partial charge on any atom is 0.150 e. The molecular weight excluding hydrogens is 713 g/mol. The van der Waals surface area contributed by atoms with Crippen molar-refractivity contribution in [2.45, 2.75) is 0 Å². The average Bonchev–Trinajstić information content (AvgIpc) is 3.78. The van der Waals surface area contributed by atoms with Gasteiger partial charge in [-0.05, 0) is 124 Å². The van der Waals surface area contributed by atoms with Gasteiger partial charge in [0.05, 0.1) is 0 Å². The van der Waals surface area contributed by atoms with E-state index in [-0.39, 0.29) is 0 Å². The molecule has 0 unspecified atom stereocenters. The highest BCUT2D eigenvalue weighted by atomic mass is 16.1. The van der Waals surface area contributed by atoms with Gasteiger partial charge in [-0.15, -0.1) is 0 Å². The molecule has 8 aromatic carbocycles. The minimum Gasteiger partial charge on any atom is -0.298 e. The fourth-order valence-electron chi connectivity index (χ4n) is 8.89. The molecule has 0 saturated heterocycles. The van der Waals surface area contributed by atoms with Crippen LogP contribution < -0.4 is 0 Å². The smallest absolute Gasteiger partial charge is 0.150 e. The van der Waals surface area contributed by atoms with Crippen molar-refractivity contribution >= 4 is 36.3 Å². The predicted octanol–water partition coefficient (Wildman–Crippen LogP) is 12.6. The summed E-state index contributed by atoms with van der Waals surface area (Å²) in [6, 6.07) is 56.1. The second kappa shape index (κ2) is 14.0. The lowest BCUT2D eigenvalue weighted by atomic mass is 9.87. The molecule has 0 atom stereocenters. The summed E-state index contributed by atoms with van der Waals surface area (Å²) in [5, 5.41) is 0. The molecule has 0 bridgehead atoms. The number of hydrogen-bond donors (Lipinski definition) is 0. The van der Waals surface area contributed by atoms with Crippen molar-refractivity contribution in [3.63, 3.8) is 0 Å². The Morgan fingerprint density at radius 3 is 0.672 bits per heavy atom. The summed E-state index contributed by atoms with van der Waals surface area (Å²) >= 11 is 0. The highest BCUT2D eigenvalue weighted by molar-refractivity contribution is 6.20. The Morgan fingerprint density at radius 2 is 0.448 bits per heavy atom. The van der Waals surface area contributed by atoms with Crippen LogP contribution in [0, 0.1) is 0 Å². The van der Waals surface area contributed by atoms with Crippen molar-refractivity contribution in [3.8, 4) is 66.8 Å². The first-order valence-electron chi connectivity index (χ1n) is 19.1. The lowest BCUT2D eigenvalue weighted by Gasteiger charge is -2.15. The van der Waals surface area contributed by atoms with Crippen LogP contribution >= 0.6 is 0 Å². The average molecular weight is 745 g/mol. The maximum absolute atomic E-state index is 12.3. The standard InChI is InChI=1S/C54H32O4/c55-29-37-9-1-5-13-41(37)33-17-21-45-46-22-18-34(42-14-6-2-10-38(42)30-56)26-50(46)53(49(45)25-33)54-51-27-35(43-15-7-3-11-39(43)31-57)19-23-47(51)48-24-20-36(28-52(48)54)44-16-8-4-12-40(44)32-58/h1-32H. The summed E-state index contributed by atoms with van der Waals surface area (Å²) < 4.78 is 0. The number of hydrogen-bond acceptors (Lipinski definition) is 4. The van der Waals surface area contributed by atoms with Crippen LogP contribution in [0.4, 0.5) is 0 Å². The molecule has 0 radical (unpaired) electrons. The molecule has 2 aliphatic rings. The topological polar surface area (TPSA) is 68.3 Å². The van der Waals surface area contributed by atoms with Crippen LogP contribution in [0.1, 0.15) is 63.7 Å². The van der Waals surface area contributed by atoms with Gasteiger partial charge in [-0.25, -0.2) is 0 Å². The normalized spacial score (nSPS) is 12.0. The first-order chi connectivity index (χ1) is 28.6. The van der Waals surface area contributed by atoms with E-state index in [1.54, 1.807) is 0 Å². The van der Waals surface area contributed by atoms with Gasteiger partial charge in [0, 0.05) is 22.3 Å². The second-order valence-electron chi connectivity index (χ2n) is 14.6. The lowest BCUT2D eigenvalue weighted by molar-refractivity contribution is 0.111. The molecule has 0 N–H and O–H groups in total. The van der Waals surface area contributed by atoms with E-state index >= 15 is 0 Å². The van der Waals surface area contributed by atoms with Crippen LogP contribution in [0.15, 0.2) is 170 Å². The Morgan fingerprint density at radius 1 is 0.224 bits per heavy atom. The maximum atomic E-state index is 12.3. The number of carbonyl (C=O) groups excluding carboxylic acids is 4. The van der Waals surface area contributed by atoms with Crippen molar-refractivity contribution in [1.29, 1.82) is 0 Å². The summed E-state index contributed by atoms with van der Waals surface area (Å²) in [5.74, 6) is 0. The third-order valence-electron chi connectivity index (χ3n) is 11.6. The van der Waals surface area contributed by atoms with E-state index in [1.807, 2.05) is 97.1 Å². The summed E-state index contributed by atoms with van der Waals surface area (Å²) in [4.78, 5) is 49.2. The van der Waals surface area contributed by atoms with Crippen LogP contribution in [0.5, 0.6) is 0 Å². The van der Waals surface area contributed by atoms with Gasteiger partial charge in [0.1, 0.15) is 0 Å². The van der Waals surface area contributed by atoms with E-state index in [0.29, 0.717) is 22.3 Å². The number of fused-ring (bicyclic) bond motifs is 6.